The van der Waals surface area contributed by atoms with Gasteiger partial charge in [0.05, 0.1) is 11.5 Å². The fraction of sp³-hybridized carbons (Fsp3) is 0.467. The summed E-state index contributed by atoms with van der Waals surface area (Å²) < 4.78 is 34.5. The summed E-state index contributed by atoms with van der Waals surface area (Å²) in [4.78, 5) is 23.6. The van der Waals surface area contributed by atoms with Gasteiger partial charge in [-0.05, 0) is 46.2 Å². The Balaban J connectivity index is 3.27. The van der Waals surface area contributed by atoms with Crippen molar-refractivity contribution in [2.24, 2.45) is 0 Å². The summed E-state index contributed by atoms with van der Waals surface area (Å²) in [5.74, 6) is -1.78. The number of rotatable bonds is 6. The summed E-state index contributed by atoms with van der Waals surface area (Å²) in [5.41, 5.74) is -0.849. The van der Waals surface area contributed by atoms with Crippen molar-refractivity contribution in [3.8, 4) is 0 Å². The van der Waals surface area contributed by atoms with E-state index in [0.717, 1.165) is 19.4 Å². The smallest absolute Gasteiger partial charge is 0.347 e. The predicted molar refractivity (Wildman–Crippen MR) is 79.9 cm³/mol. The van der Waals surface area contributed by atoms with Crippen molar-refractivity contribution in [1.29, 1.82) is 0 Å². The predicted octanol–water partition coefficient (Wildman–Crippen LogP) is 1.92. The van der Waals surface area contributed by atoms with Crippen LogP contribution in [0.4, 0.5) is 0 Å². The zero-order chi connectivity index (χ0) is 17.1. The highest BCUT2D eigenvalue weighted by atomic mass is 32.2. The number of aryl methyl sites for hydroxylation is 2. The summed E-state index contributed by atoms with van der Waals surface area (Å²) in [7, 11) is -4.30. The lowest BCUT2D eigenvalue weighted by Crippen LogP contribution is -2.47. The number of ketones is 1. The Hall–Kier alpha value is -1.73. The second kappa shape index (κ2) is 6.58. The molecule has 0 N–H and O–H groups in total. The molecule has 0 aliphatic rings. The average Bonchev–Trinajstić information content (AvgIpc) is 2.37. The summed E-state index contributed by atoms with van der Waals surface area (Å²) in [6.07, 6.45) is 0. The highest BCUT2D eigenvalue weighted by Gasteiger charge is 2.46. The summed E-state index contributed by atoms with van der Waals surface area (Å²) >= 11 is 0. The van der Waals surface area contributed by atoms with Crippen molar-refractivity contribution in [3.05, 3.63) is 29.3 Å². The monoisotopic (exact) mass is 328 g/mol. The third kappa shape index (κ3) is 3.72. The molecule has 22 heavy (non-hydrogen) atoms. The van der Waals surface area contributed by atoms with Crippen molar-refractivity contribution < 1.29 is 26.9 Å². The van der Waals surface area contributed by atoms with E-state index in [-0.39, 0.29) is 11.5 Å². The minimum atomic E-state index is -4.30. The Kier molecular flexibility index (Phi) is 5.48. The van der Waals surface area contributed by atoms with Crippen LogP contribution in [-0.4, -0.2) is 32.4 Å². The average molecular weight is 328 g/mol. The van der Waals surface area contributed by atoms with E-state index in [1.807, 2.05) is 6.92 Å². The summed E-state index contributed by atoms with van der Waals surface area (Å²) in [6, 6.07) is 4.66. The third-order valence-corrected chi connectivity index (χ3v) is 4.76. The maximum absolute atomic E-state index is 12.4. The van der Waals surface area contributed by atoms with E-state index in [9.17, 15) is 18.0 Å². The van der Waals surface area contributed by atoms with E-state index < -0.39 is 27.5 Å². The van der Waals surface area contributed by atoms with Crippen LogP contribution in [0.3, 0.4) is 0 Å². The highest BCUT2D eigenvalue weighted by molar-refractivity contribution is 7.86. The molecule has 0 spiro atoms. The molecule has 0 aromatic heterocycles. The zero-order valence-corrected chi connectivity index (χ0v) is 14.1. The molecule has 7 heteroatoms. The summed E-state index contributed by atoms with van der Waals surface area (Å²) in [5, 5.41) is 0. The number of esters is 1. The molecule has 1 atom stereocenters. The molecule has 1 rings (SSSR count). The van der Waals surface area contributed by atoms with E-state index in [4.69, 9.17) is 8.92 Å². The van der Waals surface area contributed by atoms with Crippen molar-refractivity contribution >= 4 is 21.9 Å². The molecule has 1 unspecified atom stereocenters. The second-order valence-corrected chi connectivity index (χ2v) is 6.63. The van der Waals surface area contributed by atoms with Crippen LogP contribution < -0.4 is 0 Å². The van der Waals surface area contributed by atoms with Gasteiger partial charge in [0.2, 0.25) is 5.60 Å². The maximum atomic E-state index is 12.4. The molecule has 0 amide bonds. The van der Waals surface area contributed by atoms with Crippen LogP contribution in [0.15, 0.2) is 23.1 Å². The Morgan fingerprint density at radius 2 is 1.82 bits per heavy atom. The molecule has 0 bridgehead atoms. The standard InChI is InChI=1S/C15H20O6S/c1-6-20-14(17)15(5,12(4)16)21-22(18,19)13-8-7-10(2)9-11(13)3/h7-9H,6H2,1-5H3. The highest BCUT2D eigenvalue weighted by Crippen LogP contribution is 2.25. The Morgan fingerprint density at radius 1 is 1.23 bits per heavy atom. The van der Waals surface area contributed by atoms with Crippen LogP contribution in [0, 0.1) is 13.8 Å². The number of ether oxygens (including phenoxy) is 1. The van der Waals surface area contributed by atoms with E-state index in [0.29, 0.717) is 5.56 Å². The van der Waals surface area contributed by atoms with Gasteiger partial charge in [0, 0.05) is 0 Å². The summed E-state index contributed by atoms with van der Waals surface area (Å²) in [6.45, 7) is 7.16. The lowest BCUT2D eigenvalue weighted by molar-refractivity contribution is -0.164. The molecular weight excluding hydrogens is 308 g/mol. The number of hydrogen-bond acceptors (Lipinski definition) is 6. The molecule has 0 heterocycles. The topological polar surface area (TPSA) is 86.7 Å². The van der Waals surface area contributed by atoms with Gasteiger partial charge < -0.3 is 4.74 Å². The van der Waals surface area contributed by atoms with Crippen molar-refractivity contribution in [2.45, 2.75) is 45.1 Å². The molecule has 0 radical (unpaired) electrons. The first-order valence-corrected chi connectivity index (χ1v) is 8.16. The molecule has 6 nitrogen and oxygen atoms in total. The normalized spacial score (nSPS) is 14.2. The van der Waals surface area contributed by atoms with E-state index in [1.54, 1.807) is 26.0 Å². The van der Waals surface area contributed by atoms with E-state index in [2.05, 4.69) is 0 Å². The van der Waals surface area contributed by atoms with Gasteiger partial charge in [0.1, 0.15) is 0 Å². The van der Waals surface area contributed by atoms with Gasteiger partial charge >= 0.3 is 5.97 Å². The molecule has 122 valence electrons. The van der Waals surface area contributed by atoms with E-state index >= 15 is 0 Å². The third-order valence-electron chi connectivity index (χ3n) is 3.21. The molecule has 0 saturated carbocycles. The largest absolute Gasteiger partial charge is 0.463 e. The minimum absolute atomic E-state index is 0.00860. The van der Waals surface area contributed by atoms with Crippen LogP contribution in [0.25, 0.3) is 0 Å². The number of carbonyl (C=O) groups excluding carboxylic acids is 2. The molecule has 0 fully saturated rings. The van der Waals surface area contributed by atoms with Crippen LogP contribution in [0.1, 0.15) is 31.9 Å². The minimum Gasteiger partial charge on any atom is -0.463 e. The van der Waals surface area contributed by atoms with Crippen LogP contribution in [0.2, 0.25) is 0 Å². The molecular formula is C15H20O6S. The molecule has 1 aromatic rings. The molecule has 0 aliphatic carbocycles. The first-order valence-electron chi connectivity index (χ1n) is 6.75. The maximum Gasteiger partial charge on any atom is 0.347 e. The lowest BCUT2D eigenvalue weighted by Gasteiger charge is -2.24. The van der Waals surface area contributed by atoms with Gasteiger partial charge in [0.25, 0.3) is 10.1 Å². The van der Waals surface area contributed by atoms with Crippen molar-refractivity contribution in [2.75, 3.05) is 6.61 Å². The fourth-order valence-corrected chi connectivity index (χ4v) is 3.25. The van der Waals surface area contributed by atoms with Crippen molar-refractivity contribution in [3.63, 3.8) is 0 Å². The Labute approximate surface area is 130 Å². The fourth-order valence-electron chi connectivity index (χ4n) is 1.85. The quantitative estimate of drug-likeness (QED) is 0.450. The van der Waals surface area contributed by atoms with Gasteiger partial charge in [-0.3, -0.25) is 4.79 Å². The van der Waals surface area contributed by atoms with Crippen molar-refractivity contribution in [1.82, 2.24) is 0 Å². The Bertz CT molecular complexity index is 692. The van der Waals surface area contributed by atoms with Crippen LogP contribution in [-0.2, 0) is 28.6 Å². The number of carbonyl (C=O) groups is 2. The zero-order valence-electron chi connectivity index (χ0n) is 13.3. The number of hydrogen-bond donors (Lipinski definition) is 0. The molecule has 0 saturated heterocycles. The number of benzene rings is 1. The molecule has 0 aliphatic heterocycles. The van der Waals surface area contributed by atoms with E-state index in [1.165, 1.54) is 6.07 Å². The first-order chi connectivity index (χ1) is 10.0. The van der Waals surface area contributed by atoms with Gasteiger partial charge in [-0.25, -0.2) is 8.98 Å². The van der Waals surface area contributed by atoms with Crippen LogP contribution >= 0.6 is 0 Å². The first kappa shape index (κ1) is 18.3. The van der Waals surface area contributed by atoms with Crippen LogP contribution in [0.5, 0.6) is 0 Å². The SMILES string of the molecule is CCOC(=O)C(C)(OS(=O)(=O)c1ccc(C)cc1C)C(C)=O. The Morgan fingerprint density at radius 3 is 2.27 bits per heavy atom. The second-order valence-electron chi connectivity index (χ2n) is 5.12. The van der Waals surface area contributed by atoms with Gasteiger partial charge in [-0.15, -0.1) is 0 Å². The number of Topliss-reactive ketones (excluding diaryl/α,β-unsaturated/α-hetero) is 1. The van der Waals surface area contributed by atoms with Gasteiger partial charge in [0.15, 0.2) is 5.78 Å². The van der Waals surface area contributed by atoms with Gasteiger partial charge in [-0.2, -0.15) is 8.42 Å². The van der Waals surface area contributed by atoms with Gasteiger partial charge in [-0.1, -0.05) is 17.7 Å². The lowest BCUT2D eigenvalue weighted by atomic mass is 10.0. The molecule has 1 aromatic carbocycles.